The molecule has 1 atom stereocenters. The van der Waals surface area contributed by atoms with E-state index >= 15 is 0 Å². The Morgan fingerprint density at radius 2 is 1.86 bits per heavy atom. The molecule has 0 heterocycles. The van der Waals surface area contributed by atoms with Crippen LogP contribution in [-0.4, -0.2) is 42.9 Å². The zero-order valence-electron chi connectivity index (χ0n) is 12.8. The molecule has 0 saturated carbocycles. The molecule has 0 fully saturated rings. The van der Waals surface area contributed by atoms with E-state index in [9.17, 15) is 14.4 Å². The predicted molar refractivity (Wildman–Crippen MR) is 87.4 cm³/mol. The van der Waals surface area contributed by atoms with Gasteiger partial charge < -0.3 is 15.4 Å². The maximum absolute atomic E-state index is 11.9. The van der Waals surface area contributed by atoms with Gasteiger partial charge in [0.2, 0.25) is 0 Å². The van der Waals surface area contributed by atoms with E-state index in [1.54, 1.807) is 36.0 Å². The second-order valence-corrected chi connectivity index (χ2v) is 5.57. The molecule has 22 heavy (non-hydrogen) atoms. The summed E-state index contributed by atoms with van der Waals surface area (Å²) in [6.45, 7) is 1.47. The van der Waals surface area contributed by atoms with E-state index < -0.39 is 18.0 Å². The number of ether oxygens (including phenoxy) is 1. The highest BCUT2D eigenvalue weighted by molar-refractivity contribution is 7.98. The van der Waals surface area contributed by atoms with Crippen LogP contribution in [0.2, 0.25) is 0 Å². The number of benzene rings is 1. The first-order chi connectivity index (χ1) is 10.5. The Morgan fingerprint density at radius 3 is 2.36 bits per heavy atom. The van der Waals surface area contributed by atoms with Gasteiger partial charge in [0.25, 0.3) is 0 Å². The summed E-state index contributed by atoms with van der Waals surface area (Å²) < 4.78 is 4.67. The van der Waals surface area contributed by atoms with Crippen molar-refractivity contribution in [3.8, 4) is 0 Å². The van der Waals surface area contributed by atoms with Gasteiger partial charge >= 0.3 is 12.0 Å². The molecule has 2 amide bonds. The van der Waals surface area contributed by atoms with Gasteiger partial charge in [-0.1, -0.05) is 0 Å². The zero-order valence-corrected chi connectivity index (χ0v) is 13.7. The minimum atomic E-state index is -0.686. The third-order valence-corrected chi connectivity index (χ3v) is 3.59. The van der Waals surface area contributed by atoms with Crippen molar-refractivity contribution in [2.75, 3.05) is 24.4 Å². The summed E-state index contributed by atoms with van der Waals surface area (Å²) >= 11 is 1.58. The van der Waals surface area contributed by atoms with E-state index in [1.807, 2.05) is 6.26 Å². The summed E-state index contributed by atoms with van der Waals surface area (Å²) in [4.78, 5) is 34.7. The summed E-state index contributed by atoms with van der Waals surface area (Å²) in [5, 5.41) is 5.20. The van der Waals surface area contributed by atoms with E-state index in [1.165, 1.54) is 14.0 Å². The number of nitrogens with one attached hydrogen (secondary N) is 2. The molecule has 0 saturated heterocycles. The van der Waals surface area contributed by atoms with Crippen molar-refractivity contribution in [2.45, 2.75) is 19.4 Å². The van der Waals surface area contributed by atoms with Crippen LogP contribution in [0.3, 0.4) is 0 Å². The molecular formula is C15H20N2O4S. The van der Waals surface area contributed by atoms with Crippen LogP contribution in [0.25, 0.3) is 0 Å². The molecule has 7 heteroatoms. The molecule has 1 rings (SSSR count). The Hall–Kier alpha value is -2.02. The molecule has 0 aliphatic rings. The van der Waals surface area contributed by atoms with Gasteiger partial charge in [-0.3, -0.25) is 4.79 Å². The molecule has 6 nitrogen and oxygen atoms in total. The number of anilines is 1. The lowest BCUT2D eigenvalue weighted by atomic mass is 10.1. The van der Waals surface area contributed by atoms with Gasteiger partial charge in [-0.05, 0) is 49.6 Å². The molecular weight excluding hydrogens is 304 g/mol. The van der Waals surface area contributed by atoms with E-state index in [-0.39, 0.29) is 5.78 Å². The van der Waals surface area contributed by atoms with E-state index in [0.717, 1.165) is 5.75 Å². The first kappa shape index (κ1) is 18.0. The molecule has 0 spiro atoms. The van der Waals surface area contributed by atoms with Gasteiger partial charge in [0, 0.05) is 11.3 Å². The van der Waals surface area contributed by atoms with Crippen LogP contribution >= 0.6 is 11.8 Å². The van der Waals surface area contributed by atoms with Crippen molar-refractivity contribution in [1.29, 1.82) is 0 Å². The van der Waals surface area contributed by atoms with Crippen LogP contribution in [0.1, 0.15) is 23.7 Å². The number of urea groups is 1. The van der Waals surface area contributed by atoms with Gasteiger partial charge in [-0.15, -0.1) is 0 Å². The highest BCUT2D eigenvalue weighted by Gasteiger charge is 2.20. The van der Waals surface area contributed by atoms with Gasteiger partial charge in [0.15, 0.2) is 5.78 Å². The fraction of sp³-hybridized carbons (Fsp3) is 0.400. The number of Topliss-reactive ketones (excluding diaryl/α,β-unsaturated/α-hetero) is 1. The third kappa shape index (κ3) is 5.77. The predicted octanol–water partition coefficient (Wildman–Crippen LogP) is 2.31. The highest BCUT2D eigenvalue weighted by Crippen LogP contribution is 2.10. The SMILES string of the molecule is COC(=O)[C@H](CCSC)NC(=O)Nc1ccc(C(C)=O)cc1. The summed E-state index contributed by atoms with van der Waals surface area (Å²) in [6, 6.07) is 5.34. The normalized spacial score (nSPS) is 11.4. The number of carbonyl (C=O) groups excluding carboxylic acids is 3. The molecule has 0 aliphatic heterocycles. The van der Waals surface area contributed by atoms with Crippen LogP contribution < -0.4 is 10.6 Å². The van der Waals surface area contributed by atoms with Crippen molar-refractivity contribution < 1.29 is 19.1 Å². The van der Waals surface area contributed by atoms with Crippen molar-refractivity contribution in [3.05, 3.63) is 29.8 Å². The number of ketones is 1. The smallest absolute Gasteiger partial charge is 0.328 e. The lowest BCUT2D eigenvalue weighted by Gasteiger charge is -2.16. The van der Waals surface area contributed by atoms with E-state index in [0.29, 0.717) is 17.7 Å². The van der Waals surface area contributed by atoms with E-state index in [4.69, 9.17) is 0 Å². The molecule has 0 radical (unpaired) electrons. The summed E-state index contributed by atoms with van der Waals surface area (Å²) in [7, 11) is 1.29. The minimum Gasteiger partial charge on any atom is -0.467 e. The molecule has 1 aromatic rings. The summed E-state index contributed by atoms with van der Waals surface area (Å²) in [6.07, 6.45) is 2.41. The molecule has 0 unspecified atom stereocenters. The van der Waals surface area contributed by atoms with Gasteiger partial charge in [0.05, 0.1) is 7.11 Å². The molecule has 0 bridgehead atoms. The average Bonchev–Trinajstić information content (AvgIpc) is 2.51. The summed E-state index contributed by atoms with van der Waals surface area (Å²) in [5.74, 6) is 0.211. The van der Waals surface area contributed by atoms with Gasteiger partial charge in [-0.2, -0.15) is 11.8 Å². The Morgan fingerprint density at radius 1 is 1.23 bits per heavy atom. The molecule has 2 N–H and O–H groups in total. The zero-order chi connectivity index (χ0) is 16.5. The van der Waals surface area contributed by atoms with Crippen molar-refractivity contribution in [3.63, 3.8) is 0 Å². The lowest BCUT2D eigenvalue weighted by molar-refractivity contribution is -0.142. The number of rotatable bonds is 7. The molecule has 0 aliphatic carbocycles. The standard InChI is InChI=1S/C15H20N2O4S/c1-10(18)11-4-6-12(7-5-11)16-15(20)17-13(8-9-22-3)14(19)21-2/h4-7,13H,8-9H2,1-3H3,(H2,16,17,20)/t13-/m0/s1. The van der Waals surface area contributed by atoms with Crippen LogP contribution in [0, 0.1) is 0 Å². The fourth-order valence-electron chi connectivity index (χ4n) is 1.74. The Labute approximate surface area is 134 Å². The number of amides is 2. The van der Waals surface area contributed by atoms with Crippen LogP contribution in [0.4, 0.5) is 10.5 Å². The largest absolute Gasteiger partial charge is 0.467 e. The maximum atomic E-state index is 11.9. The Kier molecular flexibility index (Phi) is 7.45. The van der Waals surface area contributed by atoms with E-state index in [2.05, 4.69) is 15.4 Å². The average molecular weight is 324 g/mol. The first-order valence-electron chi connectivity index (χ1n) is 6.73. The minimum absolute atomic E-state index is 0.0428. The Bertz CT molecular complexity index is 531. The third-order valence-electron chi connectivity index (χ3n) is 2.95. The highest BCUT2D eigenvalue weighted by atomic mass is 32.2. The maximum Gasteiger partial charge on any atom is 0.328 e. The first-order valence-corrected chi connectivity index (χ1v) is 8.12. The van der Waals surface area contributed by atoms with Gasteiger partial charge in [-0.25, -0.2) is 9.59 Å². The van der Waals surface area contributed by atoms with Crippen LogP contribution in [0.15, 0.2) is 24.3 Å². The van der Waals surface area contributed by atoms with Crippen LogP contribution in [-0.2, 0) is 9.53 Å². The second-order valence-electron chi connectivity index (χ2n) is 4.59. The van der Waals surface area contributed by atoms with Crippen molar-refractivity contribution >= 4 is 35.2 Å². The number of methoxy groups -OCH3 is 1. The van der Waals surface area contributed by atoms with Gasteiger partial charge in [0.1, 0.15) is 6.04 Å². The number of carbonyl (C=O) groups is 3. The topological polar surface area (TPSA) is 84.5 Å². The molecule has 1 aromatic carbocycles. The monoisotopic (exact) mass is 324 g/mol. The van der Waals surface area contributed by atoms with Crippen molar-refractivity contribution in [1.82, 2.24) is 5.32 Å². The quantitative estimate of drug-likeness (QED) is 0.594. The summed E-state index contributed by atoms with van der Waals surface area (Å²) in [5.41, 5.74) is 1.11. The second kappa shape index (κ2) is 9.09. The Balaban J connectivity index is 2.62. The number of hydrogen-bond acceptors (Lipinski definition) is 5. The number of hydrogen-bond donors (Lipinski definition) is 2. The fourth-order valence-corrected chi connectivity index (χ4v) is 2.21. The lowest BCUT2D eigenvalue weighted by Crippen LogP contribution is -2.44. The molecule has 120 valence electrons. The van der Waals surface area contributed by atoms with Crippen molar-refractivity contribution in [2.24, 2.45) is 0 Å². The number of thioether (sulfide) groups is 1. The molecule has 0 aromatic heterocycles. The van der Waals surface area contributed by atoms with Crippen LogP contribution in [0.5, 0.6) is 0 Å². The number of esters is 1.